The highest BCUT2D eigenvalue weighted by molar-refractivity contribution is 7.99. The molecule has 2 aromatic rings. The van der Waals surface area contributed by atoms with E-state index in [-0.39, 0.29) is 24.8 Å². The first kappa shape index (κ1) is 24.7. The van der Waals surface area contributed by atoms with Gasteiger partial charge >= 0.3 is 0 Å². The molecular formula is C26H34Cl2N4S. The number of nitrogens with one attached hydrogen (secondary N) is 1. The number of hydrogen-bond donors (Lipinski definition) is 1. The van der Waals surface area contributed by atoms with Gasteiger partial charge in [0.05, 0.1) is 17.4 Å². The summed E-state index contributed by atoms with van der Waals surface area (Å²) in [5, 5.41) is 3.75. The SMILES string of the molecule is CC(CN1CCCC1)N1c2ccccc2Sc2ccc(C3=NC4CCCCC4N3)cc21.Cl.Cl. The van der Waals surface area contributed by atoms with Crippen molar-refractivity contribution in [1.29, 1.82) is 0 Å². The average molecular weight is 506 g/mol. The second-order valence-electron chi connectivity index (χ2n) is 9.56. The van der Waals surface area contributed by atoms with E-state index < -0.39 is 0 Å². The minimum absolute atomic E-state index is 0. The van der Waals surface area contributed by atoms with Crippen LogP contribution >= 0.6 is 36.6 Å². The molecular weight excluding hydrogens is 471 g/mol. The highest BCUT2D eigenvalue weighted by atomic mass is 35.5. The number of nitrogens with zero attached hydrogens (tertiary/aromatic N) is 3. The van der Waals surface area contributed by atoms with Crippen LogP contribution in [0.2, 0.25) is 0 Å². The Balaban J connectivity index is 0.00000130. The molecule has 3 heterocycles. The van der Waals surface area contributed by atoms with Crippen molar-refractivity contribution in [3.8, 4) is 0 Å². The Morgan fingerprint density at radius 2 is 1.73 bits per heavy atom. The molecule has 33 heavy (non-hydrogen) atoms. The number of benzene rings is 2. The highest BCUT2D eigenvalue weighted by Crippen LogP contribution is 2.49. The minimum atomic E-state index is 0. The Labute approximate surface area is 214 Å². The number of fused-ring (bicyclic) bond motifs is 3. The number of rotatable bonds is 4. The maximum atomic E-state index is 5.10. The van der Waals surface area contributed by atoms with E-state index in [4.69, 9.17) is 4.99 Å². The summed E-state index contributed by atoms with van der Waals surface area (Å²) in [5.74, 6) is 1.11. The topological polar surface area (TPSA) is 30.9 Å². The van der Waals surface area contributed by atoms with Crippen molar-refractivity contribution in [2.75, 3.05) is 24.5 Å². The molecule has 4 aliphatic rings. The molecule has 1 saturated heterocycles. The minimum Gasteiger partial charge on any atom is -0.365 e. The number of likely N-dealkylation sites (tertiary alicyclic amines) is 1. The molecule has 178 valence electrons. The van der Waals surface area contributed by atoms with E-state index in [2.05, 4.69) is 64.5 Å². The van der Waals surface area contributed by atoms with Gasteiger partial charge in [-0.05, 0) is 70.0 Å². The van der Waals surface area contributed by atoms with Gasteiger partial charge in [-0.15, -0.1) is 24.8 Å². The van der Waals surface area contributed by atoms with E-state index in [0.717, 1.165) is 12.4 Å². The summed E-state index contributed by atoms with van der Waals surface area (Å²) in [6.07, 6.45) is 7.82. The summed E-state index contributed by atoms with van der Waals surface area (Å²) in [5.41, 5.74) is 3.93. The van der Waals surface area contributed by atoms with Crippen LogP contribution in [-0.4, -0.2) is 48.5 Å². The second-order valence-corrected chi connectivity index (χ2v) is 10.6. The summed E-state index contributed by atoms with van der Waals surface area (Å²) in [4.78, 5) is 13.0. The monoisotopic (exact) mass is 504 g/mol. The molecule has 7 heteroatoms. The maximum Gasteiger partial charge on any atom is 0.128 e. The summed E-state index contributed by atoms with van der Waals surface area (Å²) in [6, 6.07) is 17.3. The lowest BCUT2D eigenvalue weighted by molar-refractivity contribution is 0.319. The van der Waals surface area contributed by atoms with Crippen molar-refractivity contribution in [3.05, 3.63) is 48.0 Å². The average Bonchev–Trinajstić information content (AvgIpc) is 3.46. The normalized spacial score (nSPS) is 24.4. The molecule has 2 fully saturated rings. The number of aliphatic imine (C=N–C) groups is 1. The zero-order chi connectivity index (χ0) is 20.8. The van der Waals surface area contributed by atoms with Gasteiger partial charge in [0.2, 0.25) is 0 Å². The standard InChI is InChI=1S/C26H32N4S.2ClH/c1-18(17-29-14-6-7-15-29)30-22-10-4-5-11-24(22)31-25-13-12-19(16-23(25)30)26-27-20-8-2-3-9-21(20)28-26;;/h4-5,10-13,16,18,20-21H,2-3,6-9,14-15,17H2,1H3,(H,27,28);2*1H. The smallest absolute Gasteiger partial charge is 0.128 e. The van der Waals surface area contributed by atoms with Gasteiger partial charge in [-0.3, -0.25) is 4.99 Å². The van der Waals surface area contributed by atoms with Crippen LogP contribution in [0.3, 0.4) is 0 Å². The lowest BCUT2D eigenvalue weighted by Crippen LogP contribution is -2.40. The van der Waals surface area contributed by atoms with Crippen LogP contribution in [0, 0.1) is 0 Å². The van der Waals surface area contributed by atoms with Crippen molar-refractivity contribution in [1.82, 2.24) is 10.2 Å². The van der Waals surface area contributed by atoms with Crippen molar-refractivity contribution >= 4 is 53.8 Å². The first-order valence-electron chi connectivity index (χ1n) is 12.0. The zero-order valence-electron chi connectivity index (χ0n) is 19.2. The summed E-state index contributed by atoms with van der Waals surface area (Å²) >= 11 is 1.90. The molecule has 1 saturated carbocycles. The van der Waals surface area contributed by atoms with Crippen LogP contribution in [0.4, 0.5) is 11.4 Å². The number of anilines is 2. The Morgan fingerprint density at radius 3 is 2.55 bits per heavy atom. The number of hydrogen-bond acceptors (Lipinski definition) is 5. The Hall–Kier alpha value is -1.40. The van der Waals surface area contributed by atoms with E-state index in [1.807, 2.05) is 11.8 Å². The number of halogens is 2. The third kappa shape index (κ3) is 4.75. The van der Waals surface area contributed by atoms with Gasteiger partial charge in [-0.1, -0.05) is 42.8 Å². The quantitative estimate of drug-likeness (QED) is 0.530. The van der Waals surface area contributed by atoms with Crippen LogP contribution in [-0.2, 0) is 0 Å². The van der Waals surface area contributed by atoms with Crippen LogP contribution in [0.1, 0.15) is 51.0 Å². The van der Waals surface area contributed by atoms with E-state index in [1.165, 1.54) is 78.3 Å². The Bertz CT molecular complexity index is 1010. The van der Waals surface area contributed by atoms with E-state index in [1.54, 1.807) is 0 Å². The molecule has 3 unspecified atom stereocenters. The molecule has 0 amide bonds. The molecule has 2 aromatic carbocycles. The first-order valence-corrected chi connectivity index (χ1v) is 12.9. The van der Waals surface area contributed by atoms with Crippen molar-refractivity contribution in [2.45, 2.75) is 73.4 Å². The van der Waals surface area contributed by atoms with Crippen molar-refractivity contribution < 1.29 is 0 Å². The van der Waals surface area contributed by atoms with Crippen LogP contribution in [0.25, 0.3) is 0 Å². The fourth-order valence-electron chi connectivity index (χ4n) is 5.80. The summed E-state index contributed by atoms with van der Waals surface area (Å²) in [7, 11) is 0. The van der Waals surface area contributed by atoms with Gasteiger partial charge in [0.15, 0.2) is 0 Å². The van der Waals surface area contributed by atoms with Gasteiger partial charge in [-0.25, -0.2) is 0 Å². The Kier molecular flexibility index (Phi) is 7.84. The second kappa shape index (κ2) is 10.5. The lowest BCUT2D eigenvalue weighted by Gasteiger charge is -2.39. The third-order valence-corrected chi connectivity index (χ3v) is 8.48. The lowest BCUT2D eigenvalue weighted by atomic mass is 9.92. The van der Waals surface area contributed by atoms with Crippen molar-refractivity contribution in [2.24, 2.45) is 4.99 Å². The molecule has 3 aliphatic heterocycles. The largest absolute Gasteiger partial charge is 0.365 e. The number of amidine groups is 1. The number of para-hydroxylation sites is 1. The summed E-state index contributed by atoms with van der Waals surface area (Å²) < 4.78 is 0. The molecule has 0 aromatic heterocycles. The van der Waals surface area contributed by atoms with Crippen LogP contribution in [0.5, 0.6) is 0 Å². The molecule has 1 N–H and O–H groups in total. The van der Waals surface area contributed by atoms with E-state index in [9.17, 15) is 0 Å². The van der Waals surface area contributed by atoms with Gasteiger partial charge in [0.1, 0.15) is 5.84 Å². The van der Waals surface area contributed by atoms with Gasteiger partial charge in [-0.2, -0.15) is 0 Å². The molecule has 1 aliphatic carbocycles. The fourth-order valence-corrected chi connectivity index (χ4v) is 6.85. The van der Waals surface area contributed by atoms with Gasteiger partial charge in [0.25, 0.3) is 0 Å². The summed E-state index contributed by atoms with van der Waals surface area (Å²) in [6.45, 7) is 5.99. The molecule has 6 rings (SSSR count). The van der Waals surface area contributed by atoms with Crippen LogP contribution in [0.15, 0.2) is 57.2 Å². The van der Waals surface area contributed by atoms with E-state index in [0.29, 0.717) is 18.1 Å². The predicted molar refractivity (Wildman–Crippen MR) is 144 cm³/mol. The molecule has 0 radical (unpaired) electrons. The molecule has 3 atom stereocenters. The van der Waals surface area contributed by atoms with E-state index >= 15 is 0 Å². The maximum absolute atomic E-state index is 5.10. The molecule has 0 bridgehead atoms. The Morgan fingerprint density at radius 1 is 0.970 bits per heavy atom. The van der Waals surface area contributed by atoms with Crippen LogP contribution < -0.4 is 10.2 Å². The fraction of sp³-hybridized carbons (Fsp3) is 0.500. The third-order valence-electron chi connectivity index (χ3n) is 7.35. The highest BCUT2D eigenvalue weighted by Gasteiger charge is 2.33. The van der Waals surface area contributed by atoms with Crippen molar-refractivity contribution in [3.63, 3.8) is 0 Å². The predicted octanol–water partition coefficient (Wildman–Crippen LogP) is 6.28. The first-order chi connectivity index (χ1) is 15.3. The van der Waals surface area contributed by atoms with Gasteiger partial charge in [0, 0.05) is 34.0 Å². The molecule has 0 spiro atoms. The van der Waals surface area contributed by atoms with Gasteiger partial charge < -0.3 is 15.1 Å². The molecule has 4 nitrogen and oxygen atoms in total. The zero-order valence-corrected chi connectivity index (χ0v) is 21.7.